The molecule has 0 aromatic heterocycles. The number of hydrogen-bond donors (Lipinski definition) is 1. The first-order valence-electron chi connectivity index (χ1n) is 4.59. The van der Waals surface area contributed by atoms with Crippen LogP contribution in [0.15, 0.2) is 22.7 Å². The van der Waals surface area contributed by atoms with Crippen molar-refractivity contribution in [1.29, 1.82) is 0 Å². The van der Waals surface area contributed by atoms with E-state index in [9.17, 15) is 13.2 Å². The summed E-state index contributed by atoms with van der Waals surface area (Å²) in [5.74, 6) is 0. The molecule has 0 amide bonds. The summed E-state index contributed by atoms with van der Waals surface area (Å²) in [6, 6.07) is 4.23. The highest BCUT2D eigenvalue weighted by Gasteiger charge is 2.31. The van der Waals surface area contributed by atoms with Crippen molar-refractivity contribution in [2.75, 3.05) is 5.32 Å². The molecule has 0 atom stereocenters. The van der Waals surface area contributed by atoms with Crippen LogP contribution in [-0.2, 0) is 6.18 Å². The van der Waals surface area contributed by atoms with Crippen molar-refractivity contribution in [2.45, 2.75) is 25.1 Å². The fourth-order valence-electron chi connectivity index (χ4n) is 1.30. The monoisotopic (exact) mass is 279 g/mol. The van der Waals surface area contributed by atoms with Crippen LogP contribution in [0, 0.1) is 0 Å². The Morgan fingerprint density at radius 2 is 1.87 bits per heavy atom. The van der Waals surface area contributed by atoms with E-state index in [1.54, 1.807) is 6.07 Å². The minimum absolute atomic E-state index is 0.348. The normalized spacial score (nSPS) is 16.5. The van der Waals surface area contributed by atoms with Gasteiger partial charge in [0.05, 0.1) is 5.56 Å². The van der Waals surface area contributed by atoms with E-state index in [4.69, 9.17) is 0 Å². The van der Waals surface area contributed by atoms with Crippen molar-refractivity contribution in [3.63, 3.8) is 0 Å². The average molecular weight is 280 g/mol. The van der Waals surface area contributed by atoms with E-state index in [0.717, 1.165) is 25.0 Å². The van der Waals surface area contributed by atoms with Crippen molar-refractivity contribution in [3.05, 3.63) is 28.2 Å². The van der Waals surface area contributed by atoms with Crippen LogP contribution < -0.4 is 5.32 Å². The average Bonchev–Trinajstić information content (AvgIpc) is 2.85. The Hall–Kier alpha value is -0.710. The lowest BCUT2D eigenvalue weighted by Crippen LogP contribution is -2.07. The van der Waals surface area contributed by atoms with Crippen LogP contribution in [0.3, 0.4) is 0 Å². The molecule has 15 heavy (non-hydrogen) atoms. The third-order valence-electron chi connectivity index (χ3n) is 2.17. The van der Waals surface area contributed by atoms with E-state index in [-0.39, 0.29) is 0 Å². The Balaban J connectivity index is 2.27. The van der Waals surface area contributed by atoms with Crippen molar-refractivity contribution < 1.29 is 13.2 Å². The predicted molar refractivity (Wildman–Crippen MR) is 55.8 cm³/mol. The van der Waals surface area contributed by atoms with Gasteiger partial charge in [-0.15, -0.1) is 0 Å². The Morgan fingerprint density at radius 3 is 2.40 bits per heavy atom. The van der Waals surface area contributed by atoms with Crippen molar-refractivity contribution in [2.24, 2.45) is 0 Å². The Bertz CT molecular complexity index is 371. The zero-order chi connectivity index (χ0) is 11.1. The minimum atomic E-state index is -4.29. The fourth-order valence-corrected chi connectivity index (χ4v) is 1.79. The third kappa shape index (κ3) is 2.87. The molecule has 0 aliphatic heterocycles. The van der Waals surface area contributed by atoms with Gasteiger partial charge in [-0.2, -0.15) is 13.2 Å². The minimum Gasteiger partial charge on any atom is -0.382 e. The molecule has 1 aliphatic carbocycles. The molecule has 0 heterocycles. The molecule has 2 rings (SSSR count). The van der Waals surface area contributed by atoms with Crippen LogP contribution in [0.2, 0.25) is 0 Å². The van der Waals surface area contributed by atoms with Gasteiger partial charge in [0.1, 0.15) is 0 Å². The van der Waals surface area contributed by atoms with Crippen LogP contribution in [0.5, 0.6) is 0 Å². The summed E-state index contributed by atoms with van der Waals surface area (Å²) >= 11 is 3.08. The lowest BCUT2D eigenvalue weighted by atomic mass is 10.2. The SMILES string of the molecule is FC(F)(F)c1cc(Br)cc(NC2CC2)c1. The molecule has 1 aliphatic rings. The van der Waals surface area contributed by atoms with E-state index >= 15 is 0 Å². The molecule has 0 spiro atoms. The molecule has 1 fully saturated rings. The van der Waals surface area contributed by atoms with Gasteiger partial charge in [0.15, 0.2) is 0 Å². The first kappa shape index (κ1) is 10.8. The van der Waals surface area contributed by atoms with Crippen LogP contribution in [0.25, 0.3) is 0 Å². The largest absolute Gasteiger partial charge is 0.416 e. The van der Waals surface area contributed by atoms with E-state index in [1.807, 2.05) is 0 Å². The summed E-state index contributed by atoms with van der Waals surface area (Å²) in [5.41, 5.74) is -0.0979. The predicted octanol–water partition coefficient (Wildman–Crippen LogP) is 4.04. The van der Waals surface area contributed by atoms with Crippen LogP contribution in [-0.4, -0.2) is 6.04 Å². The lowest BCUT2D eigenvalue weighted by Gasteiger charge is -2.11. The van der Waals surface area contributed by atoms with Crippen molar-refractivity contribution in [1.82, 2.24) is 0 Å². The molecule has 0 unspecified atom stereocenters. The second-order valence-corrected chi connectivity index (χ2v) is 4.56. The van der Waals surface area contributed by atoms with Crippen LogP contribution in [0.1, 0.15) is 18.4 Å². The highest BCUT2D eigenvalue weighted by Crippen LogP contribution is 2.34. The first-order chi connectivity index (χ1) is 6.95. The summed E-state index contributed by atoms with van der Waals surface area (Å²) in [5, 5.41) is 3.04. The molecule has 0 bridgehead atoms. The maximum atomic E-state index is 12.5. The first-order valence-corrected chi connectivity index (χ1v) is 5.39. The Labute approximate surface area is 93.8 Å². The van der Waals surface area contributed by atoms with Gasteiger partial charge < -0.3 is 5.32 Å². The van der Waals surface area contributed by atoms with Crippen LogP contribution >= 0.6 is 15.9 Å². The number of nitrogens with one attached hydrogen (secondary N) is 1. The van der Waals surface area contributed by atoms with Crippen molar-refractivity contribution in [3.8, 4) is 0 Å². The lowest BCUT2D eigenvalue weighted by molar-refractivity contribution is -0.137. The maximum Gasteiger partial charge on any atom is 0.416 e. The van der Waals surface area contributed by atoms with Gasteiger partial charge in [-0.25, -0.2) is 0 Å². The van der Waals surface area contributed by atoms with Crippen LogP contribution in [0.4, 0.5) is 18.9 Å². The van der Waals surface area contributed by atoms with E-state index in [2.05, 4.69) is 21.2 Å². The molecule has 0 saturated heterocycles. The molecule has 1 aromatic carbocycles. The number of alkyl halides is 3. The summed E-state index contributed by atoms with van der Waals surface area (Å²) < 4.78 is 37.8. The number of rotatable bonds is 2. The molecule has 0 radical (unpaired) electrons. The topological polar surface area (TPSA) is 12.0 Å². The zero-order valence-corrected chi connectivity index (χ0v) is 9.32. The highest BCUT2D eigenvalue weighted by atomic mass is 79.9. The number of halogens is 4. The second kappa shape index (κ2) is 3.70. The maximum absolute atomic E-state index is 12.5. The van der Waals surface area contributed by atoms with Gasteiger partial charge in [0, 0.05) is 16.2 Å². The Morgan fingerprint density at radius 1 is 1.20 bits per heavy atom. The van der Waals surface area contributed by atoms with Gasteiger partial charge >= 0.3 is 6.18 Å². The van der Waals surface area contributed by atoms with Gasteiger partial charge in [0.2, 0.25) is 0 Å². The Kier molecular flexibility index (Phi) is 2.66. The van der Waals surface area contributed by atoms with E-state index < -0.39 is 11.7 Å². The number of benzene rings is 1. The second-order valence-electron chi connectivity index (χ2n) is 3.64. The summed E-state index contributed by atoms with van der Waals surface area (Å²) in [7, 11) is 0. The van der Waals surface area contributed by atoms with Crippen molar-refractivity contribution >= 4 is 21.6 Å². The third-order valence-corrected chi connectivity index (χ3v) is 2.63. The van der Waals surface area contributed by atoms with Gasteiger partial charge in [-0.3, -0.25) is 0 Å². The van der Waals surface area contributed by atoms with Gasteiger partial charge in [-0.1, -0.05) is 15.9 Å². The molecule has 5 heteroatoms. The summed E-state index contributed by atoms with van der Waals surface area (Å²) in [4.78, 5) is 0. The highest BCUT2D eigenvalue weighted by molar-refractivity contribution is 9.10. The number of anilines is 1. The molecule has 1 nitrogen and oxygen atoms in total. The summed E-state index contributed by atoms with van der Waals surface area (Å²) in [6.07, 6.45) is -2.22. The fraction of sp³-hybridized carbons (Fsp3) is 0.400. The van der Waals surface area contributed by atoms with Gasteiger partial charge in [0.25, 0.3) is 0 Å². The zero-order valence-electron chi connectivity index (χ0n) is 7.74. The standard InChI is InChI=1S/C10H9BrF3N/c11-7-3-6(10(12,13)14)4-9(5-7)15-8-1-2-8/h3-5,8,15H,1-2H2. The van der Waals surface area contributed by atoms with E-state index in [1.165, 1.54) is 0 Å². The van der Waals surface area contributed by atoms with Gasteiger partial charge in [-0.05, 0) is 31.0 Å². The molecule has 1 saturated carbocycles. The van der Waals surface area contributed by atoms with E-state index in [0.29, 0.717) is 16.2 Å². The molecular formula is C10H9BrF3N. The molecule has 1 aromatic rings. The summed E-state index contributed by atoms with van der Waals surface area (Å²) in [6.45, 7) is 0. The number of hydrogen-bond acceptors (Lipinski definition) is 1. The quantitative estimate of drug-likeness (QED) is 0.862. The smallest absolute Gasteiger partial charge is 0.382 e. The molecule has 82 valence electrons. The molecule has 1 N–H and O–H groups in total. The molecular weight excluding hydrogens is 271 g/mol.